The minimum atomic E-state index is -3.20. The van der Waals surface area contributed by atoms with E-state index in [1.54, 1.807) is 6.92 Å². The van der Waals surface area contributed by atoms with E-state index in [2.05, 4.69) is 9.72 Å². The lowest BCUT2D eigenvalue weighted by Crippen LogP contribution is -2.20. The number of ether oxygens (including phenoxy) is 1. The normalized spacial score (nSPS) is 11.1. The summed E-state index contributed by atoms with van der Waals surface area (Å²) in [7, 11) is 0. The number of hydrogen-bond donors (Lipinski definition) is 0. The van der Waals surface area contributed by atoms with Crippen molar-refractivity contribution in [1.82, 2.24) is 4.98 Å². The first-order chi connectivity index (χ1) is 7.06. The molecule has 1 heterocycles. The summed E-state index contributed by atoms with van der Waals surface area (Å²) in [6.45, 7) is 1.67. The highest BCUT2D eigenvalue weighted by Crippen LogP contribution is 2.31. The standard InChI is InChI=1S/C10H11F2NO2/c1-2-15-9(14)7-10(11,12)8-3-5-13-6-4-8/h3-6H,2,7H2,1H3. The van der Waals surface area contributed by atoms with Gasteiger partial charge in [-0.25, -0.2) is 8.78 Å². The predicted octanol–water partition coefficient (Wildman–Crippen LogP) is 2.13. The molecule has 5 heteroatoms. The lowest BCUT2D eigenvalue weighted by Gasteiger charge is -2.15. The molecule has 0 bridgehead atoms. The second kappa shape index (κ2) is 4.82. The number of esters is 1. The smallest absolute Gasteiger partial charge is 0.312 e. The van der Waals surface area contributed by atoms with Gasteiger partial charge in [-0.2, -0.15) is 0 Å². The van der Waals surface area contributed by atoms with E-state index in [0.29, 0.717) is 0 Å². The van der Waals surface area contributed by atoms with Gasteiger partial charge in [-0.3, -0.25) is 9.78 Å². The number of nitrogens with zero attached hydrogens (tertiary/aromatic N) is 1. The molecular weight excluding hydrogens is 204 g/mol. The molecule has 0 aliphatic carbocycles. The van der Waals surface area contributed by atoms with E-state index in [-0.39, 0.29) is 12.2 Å². The summed E-state index contributed by atoms with van der Waals surface area (Å²) in [6.07, 6.45) is 1.58. The topological polar surface area (TPSA) is 39.2 Å². The Balaban J connectivity index is 2.71. The number of carbonyl (C=O) groups is 1. The predicted molar refractivity (Wildman–Crippen MR) is 49.4 cm³/mol. The zero-order chi connectivity index (χ0) is 11.3. The molecule has 82 valence electrons. The largest absolute Gasteiger partial charge is 0.466 e. The average Bonchev–Trinajstić information content (AvgIpc) is 2.18. The summed E-state index contributed by atoms with van der Waals surface area (Å²) in [4.78, 5) is 14.5. The summed E-state index contributed by atoms with van der Waals surface area (Å²) in [6, 6.07) is 2.36. The van der Waals surface area contributed by atoms with E-state index in [1.807, 2.05) is 0 Å². The summed E-state index contributed by atoms with van der Waals surface area (Å²) in [5.41, 5.74) is -0.231. The van der Waals surface area contributed by atoms with Gasteiger partial charge in [0, 0.05) is 18.0 Å². The van der Waals surface area contributed by atoms with Crippen LogP contribution in [-0.4, -0.2) is 17.6 Å². The summed E-state index contributed by atoms with van der Waals surface area (Å²) < 4.78 is 31.3. The molecule has 3 nitrogen and oxygen atoms in total. The Hall–Kier alpha value is -1.52. The van der Waals surface area contributed by atoms with Crippen LogP contribution in [0.25, 0.3) is 0 Å². The van der Waals surface area contributed by atoms with Crippen molar-refractivity contribution >= 4 is 5.97 Å². The van der Waals surface area contributed by atoms with Crippen LogP contribution in [0.15, 0.2) is 24.5 Å². The van der Waals surface area contributed by atoms with Gasteiger partial charge in [0.2, 0.25) is 0 Å². The van der Waals surface area contributed by atoms with Crippen molar-refractivity contribution in [3.8, 4) is 0 Å². The molecular formula is C10H11F2NO2. The van der Waals surface area contributed by atoms with Gasteiger partial charge in [-0.05, 0) is 19.1 Å². The molecule has 1 aromatic rings. The first kappa shape index (κ1) is 11.6. The number of halogens is 2. The van der Waals surface area contributed by atoms with Crippen molar-refractivity contribution < 1.29 is 18.3 Å². The van der Waals surface area contributed by atoms with Crippen molar-refractivity contribution in [2.24, 2.45) is 0 Å². The zero-order valence-electron chi connectivity index (χ0n) is 8.24. The number of pyridine rings is 1. The highest BCUT2D eigenvalue weighted by atomic mass is 19.3. The summed E-state index contributed by atoms with van der Waals surface area (Å²) in [5, 5.41) is 0. The molecule has 0 N–H and O–H groups in total. The Kier molecular flexibility index (Phi) is 3.71. The van der Waals surface area contributed by atoms with E-state index >= 15 is 0 Å². The van der Waals surface area contributed by atoms with Gasteiger partial charge in [-0.1, -0.05) is 0 Å². The fraction of sp³-hybridized carbons (Fsp3) is 0.400. The second-order valence-electron chi connectivity index (χ2n) is 2.92. The Bertz CT molecular complexity index is 327. The molecule has 0 atom stereocenters. The molecule has 0 unspecified atom stereocenters. The lowest BCUT2D eigenvalue weighted by molar-refractivity contribution is -0.151. The highest BCUT2D eigenvalue weighted by Gasteiger charge is 2.35. The van der Waals surface area contributed by atoms with E-state index in [4.69, 9.17) is 0 Å². The van der Waals surface area contributed by atoms with Crippen LogP contribution < -0.4 is 0 Å². The van der Waals surface area contributed by atoms with E-state index in [0.717, 1.165) is 0 Å². The van der Waals surface area contributed by atoms with Gasteiger partial charge in [0.25, 0.3) is 5.92 Å². The molecule has 0 radical (unpaired) electrons. The molecule has 15 heavy (non-hydrogen) atoms. The number of aromatic nitrogens is 1. The first-order valence-electron chi connectivity index (χ1n) is 4.50. The Morgan fingerprint density at radius 3 is 2.60 bits per heavy atom. The molecule has 0 amide bonds. The maximum atomic E-state index is 13.4. The van der Waals surface area contributed by atoms with Gasteiger partial charge < -0.3 is 4.74 Å². The molecule has 0 aromatic carbocycles. The van der Waals surface area contributed by atoms with Crippen LogP contribution in [0.3, 0.4) is 0 Å². The minimum Gasteiger partial charge on any atom is -0.466 e. The quantitative estimate of drug-likeness (QED) is 0.722. The Morgan fingerprint density at radius 1 is 1.47 bits per heavy atom. The number of alkyl halides is 2. The van der Waals surface area contributed by atoms with E-state index in [1.165, 1.54) is 24.5 Å². The highest BCUT2D eigenvalue weighted by molar-refractivity contribution is 5.70. The molecule has 0 spiro atoms. The Morgan fingerprint density at radius 2 is 2.07 bits per heavy atom. The van der Waals surface area contributed by atoms with Crippen LogP contribution in [0.2, 0.25) is 0 Å². The molecule has 0 aliphatic heterocycles. The summed E-state index contributed by atoms with van der Waals surface area (Å²) in [5.74, 6) is -4.10. The van der Waals surface area contributed by atoms with Gasteiger partial charge in [-0.15, -0.1) is 0 Å². The van der Waals surface area contributed by atoms with Gasteiger partial charge in [0.1, 0.15) is 6.42 Å². The van der Waals surface area contributed by atoms with Crippen LogP contribution in [0.5, 0.6) is 0 Å². The average molecular weight is 215 g/mol. The molecule has 0 fully saturated rings. The minimum absolute atomic E-state index is 0.102. The van der Waals surface area contributed by atoms with Crippen LogP contribution in [0.1, 0.15) is 18.9 Å². The van der Waals surface area contributed by atoms with Crippen LogP contribution >= 0.6 is 0 Å². The van der Waals surface area contributed by atoms with Crippen molar-refractivity contribution in [3.63, 3.8) is 0 Å². The third-order valence-electron chi connectivity index (χ3n) is 1.77. The van der Waals surface area contributed by atoms with Gasteiger partial charge in [0.05, 0.1) is 6.61 Å². The molecule has 0 saturated carbocycles. The van der Waals surface area contributed by atoms with Crippen molar-refractivity contribution in [2.75, 3.05) is 6.61 Å². The third kappa shape index (κ3) is 3.27. The lowest BCUT2D eigenvalue weighted by atomic mass is 10.1. The molecule has 1 aromatic heterocycles. The van der Waals surface area contributed by atoms with Crippen LogP contribution in [0.4, 0.5) is 8.78 Å². The van der Waals surface area contributed by atoms with E-state index in [9.17, 15) is 13.6 Å². The van der Waals surface area contributed by atoms with Crippen molar-refractivity contribution in [1.29, 1.82) is 0 Å². The number of rotatable bonds is 4. The van der Waals surface area contributed by atoms with Crippen LogP contribution in [-0.2, 0) is 15.5 Å². The maximum absolute atomic E-state index is 13.4. The third-order valence-corrected chi connectivity index (χ3v) is 1.77. The van der Waals surface area contributed by atoms with Crippen LogP contribution in [0, 0.1) is 0 Å². The first-order valence-corrected chi connectivity index (χ1v) is 4.50. The molecule has 0 aliphatic rings. The van der Waals surface area contributed by atoms with Crippen molar-refractivity contribution in [3.05, 3.63) is 30.1 Å². The van der Waals surface area contributed by atoms with Gasteiger partial charge >= 0.3 is 5.97 Å². The number of carbonyl (C=O) groups excluding carboxylic acids is 1. The second-order valence-corrected chi connectivity index (χ2v) is 2.92. The fourth-order valence-corrected chi connectivity index (χ4v) is 1.09. The Labute approximate surface area is 86.1 Å². The molecule has 1 rings (SSSR count). The fourth-order valence-electron chi connectivity index (χ4n) is 1.09. The van der Waals surface area contributed by atoms with Crippen molar-refractivity contribution in [2.45, 2.75) is 19.3 Å². The monoisotopic (exact) mass is 215 g/mol. The zero-order valence-corrected chi connectivity index (χ0v) is 8.24. The molecule has 0 saturated heterocycles. The maximum Gasteiger partial charge on any atom is 0.312 e. The van der Waals surface area contributed by atoms with Gasteiger partial charge in [0.15, 0.2) is 0 Å². The summed E-state index contributed by atoms with van der Waals surface area (Å²) >= 11 is 0. The SMILES string of the molecule is CCOC(=O)CC(F)(F)c1ccncc1. The number of hydrogen-bond acceptors (Lipinski definition) is 3. The van der Waals surface area contributed by atoms with E-state index < -0.39 is 18.3 Å².